The lowest BCUT2D eigenvalue weighted by atomic mass is 9.93. The minimum absolute atomic E-state index is 0.0798. The molecule has 0 spiro atoms. The Labute approximate surface area is 114 Å². The maximum absolute atomic E-state index is 11.7. The summed E-state index contributed by atoms with van der Waals surface area (Å²) in [6, 6.07) is 6.30. The highest BCUT2D eigenvalue weighted by atomic mass is 16.2. The van der Waals surface area contributed by atoms with E-state index < -0.39 is 0 Å². The van der Waals surface area contributed by atoms with Crippen molar-refractivity contribution >= 4 is 11.6 Å². The zero-order valence-electron chi connectivity index (χ0n) is 11.4. The monoisotopic (exact) mass is 259 g/mol. The van der Waals surface area contributed by atoms with Crippen molar-refractivity contribution in [3.05, 3.63) is 29.3 Å². The molecule has 0 aromatic heterocycles. The second-order valence-corrected chi connectivity index (χ2v) is 5.72. The fraction of sp³-hybridized carbons (Fsp3) is 0.533. The van der Waals surface area contributed by atoms with Crippen LogP contribution in [0.1, 0.15) is 30.0 Å². The van der Waals surface area contributed by atoms with Gasteiger partial charge in [-0.25, -0.2) is 0 Å². The molecule has 4 heteroatoms. The zero-order valence-corrected chi connectivity index (χ0v) is 11.4. The lowest BCUT2D eigenvalue weighted by Gasteiger charge is -2.17. The number of likely N-dealkylation sites (N-methyl/N-ethyl adjacent to an activating group) is 1. The Hall–Kier alpha value is -1.39. The van der Waals surface area contributed by atoms with Gasteiger partial charge in [0.05, 0.1) is 6.42 Å². The number of carbonyl (C=O) groups excluding carboxylic acids is 1. The second-order valence-electron chi connectivity index (χ2n) is 5.72. The van der Waals surface area contributed by atoms with E-state index in [0.717, 1.165) is 36.3 Å². The maximum Gasteiger partial charge on any atom is 0.231 e. The normalized spacial score (nSPS) is 23.8. The number of benzene rings is 1. The van der Waals surface area contributed by atoms with E-state index in [-0.39, 0.29) is 11.9 Å². The molecule has 1 fully saturated rings. The molecule has 0 aliphatic carbocycles. The number of carbonyl (C=O) groups is 1. The highest BCUT2D eigenvalue weighted by Crippen LogP contribution is 2.31. The Balaban J connectivity index is 1.75. The van der Waals surface area contributed by atoms with Crippen molar-refractivity contribution in [3.8, 4) is 0 Å². The number of nitrogens with zero attached hydrogens (tertiary/aromatic N) is 1. The van der Waals surface area contributed by atoms with E-state index in [1.54, 1.807) is 4.90 Å². The van der Waals surface area contributed by atoms with E-state index in [4.69, 9.17) is 5.73 Å². The van der Waals surface area contributed by atoms with Crippen LogP contribution in [0.5, 0.6) is 0 Å². The topological polar surface area (TPSA) is 58.4 Å². The molecule has 2 aliphatic rings. The summed E-state index contributed by atoms with van der Waals surface area (Å²) in [5.74, 6) is 0.855. The van der Waals surface area contributed by atoms with Crippen LogP contribution in [-0.2, 0) is 11.2 Å². The summed E-state index contributed by atoms with van der Waals surface area (Å²) in [6.07, 6.45) is 2.76. The average molecular weight is 259 g/mol. The van der Waals surface area contributed by atoms with E-state index >= 15 is 0 Å². The summed E-state index contributed by atoms with van der Waals surface area (Å²) in [5, 5.41) is 3.38. The Morgan fingerprint density at radius 1 is 1.53 bits per heavy atom. The Bertz CT molecular complexity index is 494. The van der Waals surface area contributed by atoms with Gasteiger partial charge in [-0.1, -0.05) is 12.1 Å². The summed E-state index contributed by atoms with van der Waals surface area (Å²) in [5.41, 5.74) is 9.62. The van der Waals surface area contributed by atoms with Crippen molar-refractivity contribution in [1.82, 2.24) is 5.32 Å². The van der Waals surface area contributed by atoms with Crippen molar-refractivity contribution < 1.29 is 4.79 Å². The molecule has 2 atom stereocenters. The van der Waals surface area contributed by atoms with Crippen LogP contribution in [0.25, 0.3) is 0 Å². The quantitative estimate of drug-likeness (QED) is 0.857. The number of nitrogens with one attached hydrogen (secondary N) is 1. The third-order valence-corrected chi connectivity index (χ3v) is 4.36. The first-order chi connectivity index (χ1) is 9.15. The van der Waals surface area contributed by atoms with Gasteiger partial charge in [0, 0.05) is 18.8 Å². The molecule has 4 nitrogen and oxygen atoms in total. The molecule has 1 saturated heterocycles. The zero-order chi connectivity index (χ0) is 13.4. The van der Waals surface area contributed by atoms with Gasteiger partial charge >= 0.3 is 0 Å². The highest BCUT2D eigenvalue weighted by Gasteiger charge is 2.25. The smallest absolute Gasteiger partial charge is 0.231 e. The average Bonchev–Trinajstić information content (AvgIpc) is 2.99. The van der Waals surface area contributed by atoms with Crippen LogP contribution in [-0.4, -0.2) is 26.0 Å². The first-order valence-electron chi connectivity index (χ1n) is 7.01. The van der Waals surface area contributed by atoms with Crippen molar-refractivity contribution in [2.75, 3.05) is 25.0 Å². The largest absolute Gasteiger partial charge is 0.324 e. The number of nitrogens with two attached hydrogens (primary N) is 1. The molecule has 0 bridgehead atoms. The molecular weight excluding hydrogens is 238 g/mol. The van der Waals surface area contributed by atoms with Crippen LogP contribution >= 0.6 is 0 Å². The van der Waals surface area contributed by atoms with E-state index in [9.17, 15) is 4.79 Å². The predicted octanol–water partition coefficient (Wildman–Crippen LogP) is 1.20. The maximum atomic E-state index is 11.7. The van der Waals surface area contributed by atoms with Gasteiger partial charge in [0.25, 0.3) is 0 Å². The van der Waals surface area contributed by atoms with E-state index in [1.165, 1.54) is 6.42 Å². The van der Waals surface area contributed by atoms with Crippen LogP contribution in [0.3, 0.4) is 0 Å². The highest BCUT2D eigenvalue weighted by molar-refractivity contribution is 6.00. The second kappa shape index (κ2) is 4.94. The predicted molar refractivity (Wildman–Crippen MR) is 76.1 cm³/mol. The molecule has 2 aliphatic heterocycles. The summed E-state index contributed by atoms with van der Waals surface area (Å²) >= 11 is 0. The molecule has 0 saturated carbocycles. The van der Waals surface area contributed by atoms with Crippen LogP contribution in [0.4, 0.5) is 5.69 Å². The Morgan fingerprint density at radius 2 is 2.37 bits per heavy atom. The van der Waals surface area contributed by atoms with Gasteiger partial charge in [0.15, 0.2) is 0 Å². The van der Waals surface area contributed by atoms with Gasteiger partial charge in [0.2, 0.25) is 5.91 Å². The number of rotatable bonds is 3. The van der Waals surface area contributed by atoms with Crippen molar-refractivity contribution in [3.63, 3.8) is 0 Å². The van der Waals surface area contributed by atoms with Gasteiger partial charge in [-0.3, -0.25) is 4.79 Å². The van der Waals surface area contributed by atoms with E-state index in [1.807, 2.05) is 13.1 Å². The summed E-state index contributed by atoms with van der Waals surface area (Å²) < 4.78 is 0. The fourth-order valence-corrected chi connectivity index (χ4v) is 3.13. The molecule has 3 N–H and O–H groups in total. The number of anilines is 1. The van der Waals surface area contributed by atoms with Crippen LogP contribution < -0.4 is 16.0 Å². The standard InChI is InChI=1S/C15H21N3O/c1-18-14-3-2-11(7-12(14)8-15(18)19)13(16)6-10-4-5-17-9-10/h2-3,7,10,13,17H,4-6,8-9,16H2,1H3. The van der Waals surface area contributed by atoms with Gasteiger partial charge in [-0.2, -0.15) is 0 Å². The molecule has 1 aromatic rings. The van der Waals surface area contributed by atoms with Crippen LogP contribution in [0.15, 0.2) is 18.2 Å². The van der Waals surface area contributed by atoms with Crippen molar-refractivity contribution in [2.45, 2.75) is 25.3 Å². The third kappa shape index (κ3) is 2.38. The lowest BCUT2D eigenvalue weighted by Crippen LogP contribution is -2.20. The molecule has 3 rings (SSSR count). The molecule has 1 amide bonds. The van der Waals surface area contributed by atoms with Gasteiger partial charge in [-0.05, 0) is 49.0 Å². The summed E-state index contributed by atoms with van der Waals surface area (Å²) in [4.78, 5) is 13.4. The van der Waals surface area contributed by atoms with Gasteiger partial charge in [0.1, 0.15) is 0 Å². The van der Waals surface area contributed by atoms with E-state index in [2.05, 4.69) is 17.4 Å². The molecular formula is C15H21N3O. The molecule has 102 valence electrons. The first kappa shape index (κ1) is 12.6. The molecule has 1 aromatic carbocycles. The van der Waals surface area contributed by atoms with E-state index in [0.29, 0.717) is 12.3 Å². The van der Waals surface area contributed by atoms with Gasteiger partial charge in [-0.15, -0.1) is 0 Å². The molecule has 2 unspecified atom stereocenters. The van der Waals surface area contributed by atoms with Crippen molar-refractivity contribution in [1.29, 1.82) is 0 Å². The SMILES string of the molecule is CN1C(=O)Cc2cc(C(N)CC3CCNC3)ccc21. The van der Waals surface area contributed by atoms with Crippen LogP contribution in [0, 0.1) is 5.92 Å². The Morgan fingerprint density at radius 3 is 3.11 bits per heavy atom. The Kier molecular flexibility index (Phi) is 3.29. The first-order valence-corrected chi connectivity index (χ1v) is 7.01. The van der Waals surface area contributed by atoms with Crippen LogP contribution in [0.2, 0.25) is 0 Å². The lowest BCUT2D eigenvalue weighted by molar-refractivity contribution is -0.117. The third-order valence-electron chi connectivity index (χ3n) is 4.36. The molecule has 0 radical (unpaired) electrons. The fourth-order valence-electron chi connectivity index (χ4n) is 3.13. The summed E-state index contributed by atoms with van der Waals surface area (Å²) in [6.45, 7) is 2.20. The number of fused-ring (bicyclic) bond motifs is 1. The minimum atomic E-state index is 0.0798. The summed E-state index contributed by atoms with van der Waals surface area (Å²) in [7, 11) is 1.83. The minimum Gasteiger partial charge on any atom is -0.324 e. The number of hydrogen-bond acceptors (Lipinski definition) is 3. The number of hydrogen-bond donors (Lipinski definition) is 2. The molecule has 2 heterocycles. The number of amides is 1. The van der Waals surface area contributed by atoms with Crippen molar-refractivity contribution in [2.24, 2.45) is 11.7 Å². The molecule has 19 heavy (non-hydrogen) atoms. The van der Waals surface area contributed by atoms with Gasteiger partial charge < -0.3 is 16.0 Å².